The predicted molar refractivity (Wildman–Crippen MR) is 116 cm³/mol. The Morgan fingerprint density at radius 3 is 2.13 bits per heavy atom. The van der Waals surface area contributed by atoms with Crippen molar-refractivity contribution in [2.45, 2.75) is 83.2 Å². The number of halogens is 4. The molecule has 166 valence electrons. The van der Waals surface area contributed by atoms with Crippen molar-refractivity contribution < 1.29 is 17.6 Å². The van der Waals surface area contributed by atoms with E-state index in [1.54, 1.807) is 6.07 Å². The first-order chi connectivity index (χ1) is 14.4. The van der Waals surface area contributed by atoms with Crippen LogP contribution in [0.5, 0.6) is 0 Å². The van der Waals surface area contributed by atoms with Crippen LogP contribution >= 0.6 is 0 Å². The van der Waals surface area contributed by atoms with E-state index in [1.807, 2.05) is 0 Å². The van der Waals surface area contributed by atoms with Gasteiger partial charge in [-0.2, -0.15) is 13.2 Å². The minimum Gasteiger partial charge on any atom is -0.206 e. The Hall–Kier alpha value is -1.58. The van der Waals surface area contributed by atoms with Crippen LogP contribution in [0.1, 0.15) is 88.2 Å². The highest BCUT2D eigenvalue weighted by molar-refractivity contribution is 5.51. The van der Waals surface area contributed by atoms with E-state index in [0.29, 0.717) is 5.92 Å². The minimum absolute atomic E-state index is 0.00509. The molecular weight excluding hydrogens is 388 g/mol. The first kappa shape index (κ1) is 23.1. The minimum atomic E-state index is -4.42. The molecule has 1 aromatic rings. The molecule has 0 aliphatic heterocycles. The van der Waals surface area contributed by atoms with Crippen LogP contribution in [0.25, 0.3) is 6.08 Å². The Bertz CT molecular complexity index is 715. The smallest absolute Gasteiger partial charge is 0.206 e. The standard InChI is InChI=1S/C26H34F4/c1-2-3-4-5-19-6-8-20(9-7-19)21-10-12-22(13-11-21)24-15-14-23(25(27)18-24)16-17-26(28,29)30/h4-5,14-22H,2-3,6-13H2,1H3/b5-4+,17-16+. The topological polar surface area (TPSA) is 0 Å². The number of benzene rings is 1. The largest absolute Gasteiger partial charge is 0.409 e. The zero-order valence-corrected chi connectivity index (χ0v) is 17.9. The normalized spacial score (nSPS) is 28.4. The molecule has 0 spiro atoms. The van der Waals surface area contributed by atoms with Crippen molar-refractivity contribution in [3.63, 3.8) is 0 Å². The van der Waals surface area contributed by atoms with Crippen molar-refractivity contribution in [3.8, 4) is 0 Å². The third-order valence-corrected chi connectivity index (χ3v) is 7.07. The van der Waals surface area contributed by atoms with Gasteiger partial charge in [-0.15, -0.1) is 0 Å². The van der Waals surface area contributed by atoms with Crippen molar-refractivity contribution in [2.24, 2.45) is 17.8 Å². The Morgan fingerprint density at radius 2 is 1.57 bits per heavy atom. The van der Waals surface area contributed by atoms with Crippen LogP contribution in [-0.4, -0.2) is 6.18 Å². The average Bonchev–Trinajstić information content (AvgIpc) is 2.73. The van der Waals surface area contributed by atoms with E-state index in [0.717, 1.165) is 42.2 Å². The van der Waals surface area contributed by atoms with Crippen LogP contribution in [0.2, 0.25) is 0 Å². The average molecular weight is 423 g/mol. The summed E-state index contributed by atoms with van der Waals surface area (Å²) in [7, 11) is 0. The number of unbranched alkanes of at least 4 members (excludes halogenated alkanes) is 1. The van der Waals surface area contributed by atoms with E-state index in [4.69, 9.17) is 0 Å². The summed E-state index contributed by atoms with van der Waals surface area (Å²) in [5.74, 6) is 2.13. The lowest BCUT2D eigenvalue weighted by Gasteiger charge is -2.37. The molecule has 0 unspecified atom stereocenters. The van der Waals surface area contributed by atoms with Gasteiger partial charge in [0.15, 0.2) is 0 Å². The third-order valence-electron chi connectivity index (χ3n) is 7.07. The van der Waals surface area contributed by atoms with Gasteiger partial charge in [0.05, 0.1) is 0 Å². The molecule has 4 heteroatoms. The molecule has 1 aromatic carbocycles. The highest BCUT2D eigenvalue weighted by atomic mass is 19.4. The fourth-order valence-electron chi connectivity index (χ4n) is 5.30. The summed E-state index contributed by atoms with van der Waals surface area (Å²) in [5.41, 5.74) is 0.925. The Morgan fingerprint density at radius 1 is 0.933 bits per heavy atom. The highest BCUT2D eigenvalue weighted by Crippen LogP contribution is 2.44. The monoisotopic (exact) mass is 422 g/mol. The van der Waals surface area contributed by atoms with Crippen molar-refractivity contribution in [1.29, 1.82) is 0 Å². The summed E-state index contributed by atoms with van der Waals surface area (Å²) in [5, 5.41) is 0. The highest BCUT2D eigenvalue weighted by Gasteiger charge is 2.31. The summed E-state index contributed by atoms with van der Waals surface area (Å²) >= 11 is 0. The van der Waals surface area contributed by atoms with Crippen LogP contribution in [0.4, 0.5) is 17.6 Å². The Balaban J connectivity index is 1.49. The van der Waals surface area contributed by atoms with Gasteiger partial charge in [0.2, 0.25) is 0 Å². The van der Waals surface area contributed by atoms with E-state index in [-0.39, 0.29) is 11.6 Å². The van der Waals surface area contributed by atoms with Gasteiger partial charge in [0, 0.05) is 11.6 Å². The second kappa shape index (κ2) is 10.6. The molecule has 0 heterocycles. The third kappa shape index (κ3) is 6.72. The van der Waals surface area contributed by atoms with E-state index < -0.39 is 12.0 Å². The first-order valence-corrected chi connectivity index (χ1v) is 11.6. The summed E-state index contributed by atoms with van der Waals surface area (Å²) in [6, 6.07) is 4.72. The maximum absolute atomic E-state index is 14.3. The number of alkyl halides is 3. The molecular formula is C26H34F4. The molecule has 0 bridgehead atoms. The predicted octanol–water partition coefficient (Wildman–Crippen LogP) is 8.84. The Labute approximate surface area is 178 Å². The van der Waals surface area contributed by atoms with Gasteiger partial charge in [-0.25, -0.2) is 4.39 Å². The molecule has 0 atom stereocenters. The van der Waals surface area contributed by atoms with Gasteiger partial charge in [-0.05, 0) is 99.2 Å². The van der Waals surface area contributed by atoms with Gasteiger partial charge in [-0.3, -0.25) is 0 Å². The molecule has 0 saturated heterocycles. The van der Waals surface area contributed by atoms with Gasteiger partial charge in [0.25, 0.3) is 0 Å². The molecule has 2 saturated carbocycles. The van der Waals surface area contributed by atoms with Crippen molar-refractivity contribution >= 4 is 6.08 Å². The summed E-state index contributed by atoms with van der Waals surface area (Å²) in [6.07, 6.45) is 13.4. The molecule has 0 N–H and O–H groups in total. The van der Waals surface area contributed by atoms with Crippen LogP contribution < -0.4 is 0 Å². The van der Waals surface area contributed by atoms with Crippen molar-refractivity contribution in [2.75, 3.05) is 0 Å². The zero-order valence-electron chi connectivity index (χ0n) is 17.9. The lowest BCUT2D eigenvalue weighted by atomic mass is 9.68. The van der Waals surface area contributed by atoms with Gasteiger partial charge < -0.3 is 0 Å². The van der Waals surface area contributed by atoms with Crippen LogP contribution in [0.3, 0.4) is 0 Å². The van der Waals surface area contributed by atoms with Gasteiger partial charge in [0.1, 0.15) is 5.82 Å². The molecule has 0 nitrogen and oxygen atoms in total. The lowest BCUT2D eigenvalue weighted by molar-refractivity contribution is -0.0790. The maximum Gasteiger partial charge on any atom is 0.409 e. The van der Waals surface area contributed by atoms with E-state index >= 15 is 0 Å². The molecule has 2 aliphatic rings. The molecule has 0 amide bonds. The maximum atomic E-state index is 14.3. The second-order valence-corrected chi connectivity index (χ2v) is 9.16. The fraction of sp³-hybridized carbons (Fsp3) is 0.615. The first-order valence-electron chi connectivity index (χ1n) is 11.6. The van der Waals surface area contributed by atoms with Crippen LogP contribution in [0.15, 0.2) is 36.4 Å². The molecule has 2 aliphatic carbocycles. The fourth-order valence-corrected chi connectivity index (χ4v) is 5.30. The van der Waals surface area contributed by atoms with Crippen molar-refractivity contribution in [1.82, 2.24) is 0 Å². The summed E-state index contributed by atoms with van der Waals surface area (Å²) in [4.78, 5) is 0. The molecule has 2 fully saturated rings. The quantitative estimate of drug-likeness (QED) is 0.317. The SMILES string of the molecule is CCC/C=C/C1CCC(C2CCC(c3ccc(/C=C/C(F)(F)F)c(F)c3)CC2)CC1. The number of hydrogen-bond acceptors (Lipinski definition) is 0. The molecule has 0 aromatic heterocycles. The molecule has 0 radical (unpaired) electrons. The van der Waals surface area contributed by atoms with Crippen LogP contribution in [-0.2, 0) is 0 Å². The van der Waals surface area contributed by atoms with E-state index in [1.165, 1.54) is 63.5 Å². The molecule has 30 heavy (non-hydrogen) atoms. The van der Waals surface area contributed by atoms with Crippen molar-refractivity contribution in [3.05, 3.63) is 53.4 Å². The Kier molecular flexibility index (Phi) is 8.19. The second-order valence-electron chi connectivity index (χ2n) is 9.16. The number of rotatable bonds is 6. The summed E-state index contributed by atoms with van der Waals surface area (Å²) in [6.45, 7) is 2.21. The van der Waals surface area contributed by atoms with Gasteiger partial charge >= 0.3 is 6.18 Å². The summed E-state index contributed by atoms with van der Waals surface area (Å²) < 4.78 is 51.2. The number of hydrogen-bond donors (Lipinski definition) is 0. The molecule has 3 rings (SSSR count). The van der Waals surface area contributed by atoms with Crippen LogP contribution in [0, 0.1) is 23.6 Å². The number of allylic oxidation sites excluding steroid dienone is 3. The zero-order chi connectivity index (χ0) is 21.6. The van der Waals surface area contributed by atoms with E-state index in [2.05, 4.69) is 19.1 Å². The lowest BCUT2D eigenvalue weighted by Crippen LogP contribution is -2.25. The van der Waals surface area contributed by atoms with Gasteiger partial charge in [-0.1, -0.05) is 37.6 Å². The van der Waals surface area contributed by atoms with E-state index in [9.17, 15) is 17.6 Å².